The lowest BCUT2D eigenvalue weighted by molar-refractivity contribution is 0.0471. The number of aromatic nitrogens is 4. The number of carbonyl (C=O) groups is 2. The predicted octanol–water partition coefficient (Wildman–Crippen LogP) is 4.81. The second-order valence-corrected chi connectivity index (χ2v) is 14.0. The van der Waals surface area contributed by atoms with Gasteiger partial charge in [0, 0.05) is 79.6 Å². The fraction of sp³-hybridized carbons (Fsp3) is 0.405. The zero-order chi connectivity index (χ0) is 31.8. The van der Waals surface area contributed by atoms with E-state index in [0.717, 1.165) is 41.9 Å². The lowest BCUT2D eigenvalue weighted by Crippen LogP contribution is -2.51. The molecule has 2 saturated carbocycles. The molecule has 9 rings (SSSR count). The summed E-state index contributed by atoms with van der Waals surface area (Å²) in [4.78, 5) is 40.3. The molecule has 47 heavy (non-hydrogen) atoms. The van der Waals surface area contributed by atoms with Crippen LogP contribution in [-0.4, -0.2) is 79.5 Å². The van der Waals surface area contributed by atoms with Crippen molar-refractivity contribution in [3.63, 3.8) is 0 Å². The number of pyridine rings is 1. The van der Waals surface area contributed by atoms with Crippen molar-refractivity contribution in [1.29, 1.82) is 0 Å². The molecule has 3 aromatic heterocycles. The summed E-state index contributed by atoms with van der Waals surface area (Å²) in [6.07, 6.45) is 7.84. The largest absolute Gasteiger partial charge is 0.494 e. The van der Waals surface area contributed by atoms with Gasteiger partial charge in [-0.15, -0.1) is 0 Å². The van der Waals surface area contributed by atoms with E-state index in [9.17, 15) is 9.59 Å². The smallest absolute Gasteiger partial charge is 0.255 e. The number of hydrogen-bond acceptors (Lipinski definition) is 6. The van der Waals surface area contributed by atoms with Gasteiger partial charge >= 0.3 is 0 Å². The number of likely N-dealkylation sites (tertiary alicyclic amines) is 2. The predicted molar refractivity (Wildman–Crippen MR) is 179 cm³/mol. The van der Waals surface area contributed by atoms with Crippen molar-refractivity contribution in [3.8, 4) is 17.3 Å². The van der Waals surface area contributed by atoms with Gasteiger partial charge in [0.15, 0.2) is 5.82 Å². The lowest BCUT2D eigenvalue weighted by atomic mass is 9.98. The number of nitrogens with two attached hydrogens (primary N) is 1. The van der Waals surface area contributed by atoms with Gasteiger partial charge in [-0.25, -0.2) is 4.98 Å². The summed E-state index contributed by atoms with van der Waals surface area (Å²) in [6, 6.07) is 18.3. The molecule has 4 aliphatic rings. The normalized spacial score (nSPS) is 22.4. The Kier molecular flexibility index (Phi) is 6.64. The number of amides is 2. The zero-order valence-corrected chi connectivity index (χ0v) is 26.6. The minimum atomic E-state index is -0.00431. The highest BCUT2D eigenvalue weighted by Gasteiger charge is 2.47. The van der Waals surface area contributed by atoms with Crippen LogP contribution in [0.3, 0.4) is 0 Å². The van der Waals surface area contributed by atoms with Crippen molar-refractivity contribution in [3.05, 3.63) is 78.1 Å². The Hall–Kier alpha value is -4.70. The topological polar surface area (TPSA) is 112 Å². The molecule has 0 radical (unpaired) electrons. The number of fused-ring (bicyclic) bond motifs is 4. The number of imidazole rings is 1. The van der Waals surface area contributed by atoms with Gasteiger partial charge in [-0.3, -0.25) is 14.6 Å². The average Bonchev–Trinajstić information content (AvgIpc) is 3.44. The summed E-state index contributed by atoms with van der Waals surface area (Å²) in [6.45, 7) is 3.62. The van der Waals surface area contributed by atoms with Crippen LogP contribution >= 0.6 is 0 Å². The molecule has 5 heterocycles. The average molecular weight is 630 g/mol. The fourth-order valence-electron chi connectivity index (χ4n) is 8.26. The van der Waals surface area contributed by atoms with Crippen molar-refractivity contribution in [2.24, 2.45) is 23.5 Å². The summed E-state index contributed by atoms with van der Waals surface area (Å²) < 4.78 is 10.7. The molecule has 2 N–H and O–H groups in total. The maximum absolute atomic E-state index is 13.9. The van der Waals surface area contributed by atoms with E-state index in [1.807, 2.05) is 28.0 Å². The van der Waals surface area contributed by atoms with E-state index in [1.54, 1.807) is 25.6 Å². The SMILES string of the molecule is COc1cc(C(=O)N2CC3CCC2[C@@H]3N)cc2nc(-c3cc4ccccc4n3CC3CC3)n(CC3CN(C(=O)c4cccnc4)C3)c12. The Morgan fingerprint density at radius 3 is 2.45 bits per heavy atom. The molecule has 10 nitrogen and oxygen atoms in total. The number of piperidine rings is 1. The van der Waals surface area contributed by atoms with Crippen molar-refractivity contribution in [2.75, 3.05) is 26.7 Å². The van der Waals surface area contributed by atoms with Crippen LogP contribution in [0, 0.1) is 17.8 Å². The first kappa shape index (κ1) is 28.5. The van der Waals surface area contributed by atoms with E-state index < -0.39 is 0 Å². The van der Waals surface area contributed by atoms with Crippen LogP contribution in [0.1, 0.15) is 46.4 Å². The second kappa shape index (κ2) is 10.9. The van der Waals surface area contributed by atoms with Gasteiger partial charge < -0.3 is 29.4 Å². The highest BCUT2D eigenvalue weighted by molar-refractivity contribution is 6.01. The third-order valence-electron chi connectivity index (χ3n) is 11.0. The number of nitrogens with zero attached hydrogens (tertiary/aromatic N) is 6. The van der Waals surface area contributed by atoms with Crippen LogP contribution in [-0.2, 0) is 13.1 Å². The van der Waals surface area contributed by atoms with Crippen molar-refractivity contribution >= 4 is 33.8 Å². The van der Waals surface area contributed by atoms with Gasteiger partial charge in [-0.05, 0) is 73.9 Å². The van der Waals surface area contributed by atoms with Gasteiger partial charge in [0.25, 0.3) is 11.8 Å². The van der Waals surface area contributed by atoms with E-state index in [-0.39, 0.29) is 29.8 Å². The van der Waals surface area contributed by atoms with Crippen LogP contribution in [0.25, 0.3) is 33.5 Å². The zero-order valence-electron chi connectivity index (χ0n) is 26.6. The molecule has 3 atom stereocenters. The summed E-state index contributed by atoms with van der Waals surface area (Å²) in [7, 11) is 1.66. The van der Waals surface area contributed by atoms with Gasteiger partial charge in [0.05, 0.1) is 23.9 Å². The molecule has 2 aromatic carbocycles. The first-order valence-electron chi connectivity index (χ1n) is 16.9. The van der Waals surface area contributed by atoms with E-state index in [2.05, 4.69) is 44.5 Å². The lowest BCUT2D eigenvalue weighted by Gasteiger charge is -2.39. The number of ether oxygens (including phenoxy) is 1. The summed E-state index contributed by atoms with van der Waals surface area (Å²) in [5.41, 5.74) is 11.5. The van der Waals surface area contributed by atoms with Crippen LogP contribution in [0.5, 0.6) is 5.75 Å². The molecular weight excluding hydrogens is 590 g/mol. The maximum Gasteiger partial charge on any atom is 0.255 e. The number of benzene rings is 2. The van der Waals surface area contributed by atoms with Gasteiger partial charge in [-0.1, -0.05) is 18.2 Å². The van der Waals surface area contributed by atoms with Crippen molar-refractivity contribution < 1.29 is 14.3 Å². The number of carbonyl (C=O) groups excluding carboxylic acids is 2. The maximum atomic E-state index is 13.9. The Labute approximate surface area is 273 Å². The molecule has 2 bridgehead atoms. The minimum absolute atomic E-state index is 0.00431. The molecule has 5 aromatic rings. The highest BCUT2D eigenvalue weighted by Crippen LogP contribution is 2.41. The number of methoxy groups -OCH3 is 1. The molecule has 2 saturated heterocycles. The van der Waals surface area contributed by atoms with Crippen LogP contribution < -0.4 is 10.5 Å². The first-order valence-corrected chi connectivity index (χ1v) is 16.9. The van der Waals surface area contributed by atoms with Gasteiger partial charge in [0.1, 0.15) is 11.3 Å². The number of para-hydroxylation sites is 1. The Morgan fingerprint density at radius 1 is 0.894 bits per heavy atom. The van der Waals surface area contributed by atoms with Gasteiger partial charge in [0.2, 0.25) is 0 Å². The number of hydrogen-bond donors (Lipinski definition) is 1. The molecule has 10 heteroatoms. The molecular formula is C37H39N7O3. The third kappa shape index (κ3) is 4.72. The molecule has 2 aliphatic carbocycles. The van der Waals surface area contributed by atoms with E-state index in [0.29, 0.717) is 54.9 Å². The summed E-state index contributed by atoms with van der Waals surface area (Å²) in [5, 5.41) is 1.18. The molecule has 0 spiro atoms. The standard InChI is InChI=1S/C37H39N7O3/c1-47-32-15-27(37(46)43-21-26-10-11-30(43)33(26)38)13-28-34(32)44(20-23-17-41(18-23)36(45)25-6-4-12-39-16-25)35(40-28)31-14-24-5-2-3-7-29(24)42(31)19-22-8-9-22/h2-7,12-16,22-23,26,30,33H,8-11,17-21,38H2,1H3/t26?,30?,33-/m1/s1. The monoisotopic (exact) mass is 629 g/mol. The van der Waals surface area contributed by atoms with Crippen LogP contribution in [0.4, 0.5) is 0 Å². The molecule has 2 amide bonds. The van der Waals surface area contributed by atoms with Crippen molar-refractivity contribution in [2.45, 2.75) is 50.9 Å². The number of rotatable bonds is 8. The first-order chi connectivity index (χ1) is 23.0. The summed E-state index contributed by atoms with van der Waals surface area (Å²) >= 11 is 0. The van der Waals surface area contributed by atoms with Gasteiger partial charge in [-0.2, -0.15) is 0 Å². The Morgan fingerprint density at radius 2 is 1.72 bits per heavy atom. The Balaban J connectivity index is 1.13. The molecule has 240 valence electrons. The summed E-state index contributed by atoms with van der Waals surface area (Å²) in [5.74, 6) is 2.77. The quantitative estimate of drug-likeness (QED) is 0.264. The van der Waals surface area contributed by atoms with E-state index in [4.69, 9.17) is 15.5 Å². The fourth-order valence-corrected chi connectivity index (χ4v) is 8.26. The Bertz CT molecular complexity index is 2020. The van der Waals surface area contributed by atoms with Crippen molar-refractivity contribution in [1.82, 2.24) is 28.9 Å². The van der Waals surface area contributed by atoms with E-state index in [1.165, 1.54) is 23.7 Å². The molecule has 4 fully saturated rings. The third-order valence-corrected chi connectivity index (χ3v) is 11.0. The molecule has 2 aliphatic heterocycles. The van der Waals surface area contributed by atoms with Crippen LogP contribution in [0.15, 0.2) is 67.0 Å². The highest BCUT2D eigenvalue weighted by atomic mass is 16.5. The van der Waals surface area contributed by atoms with E-state index >= 15 is 0 Å². The minimum Gasteiger partial charge on any atom is -0.494 e. The second-order valence-electron chi connectivity index (χ2n) is 14.0. The van der Waals surface area contributed by atoms with Crippen LogP contribution in [0.2, 0.25) is 0 Å². The molecule has 2 unspecified atom stereocenters.